The first-order valence-corrected chi connectivity index (χ1v) is 10.1. The van der Waals surface area contributed by atoms with Gasteiger partial charge in [-0.25, -0.2) is 13.1 Å². The van der Waals surface area contributed by atoms with E-state index < -0.39 is 15.9 Å². The summed E-state index contributed by atoms with van der Waals surface area (Å²) in [5.74, 6) is -0.681. The molecule has 0 aliphatic heterocycles. The quantitative estimate of drug-likeness (QED) is 0.577. The van der Waals surface area contributed by atoms with Crippen LogP contribution in [0.4, 0.5) is 5.69 Å². The Morgan fingerprint density at radius 1 is 1.22 bits per heavy atom. The topological polar surface area (TPSA) is 122 Å². The van der Waals surface area contributed by atoms with E-state index >= 15 is 0 Å². The number of rotatable bonds is 8. The molecule has 1 heterocycles. The van der Waals surface area contributed by atoms with Crippen LogP contribution >= 0.6 is 23.7 Å². The molecule has 0 aliphatic carbocycles. The highest BCUT2D eigenvalue weighted by Crippen LogP contribution is 2.16. The van der Waals surface area contributed by atoms with Crippen LogP contribution in [0.1, 0.15) is 9.67 Å². The molecule has 11 heteroatoms. The SMILES string of the molecule is CN(CC(=O)Nc1cccc(S(=O)(=O)NCCN)c1)C(=O)c1cccs1.Cl. The lowest BCUT2D eigenvalue weighted by molar-refractivity contribution is -0.116. The van der Waals surface area contributed by atoms with Crippen LogP contribution in [0.15, 0.2) is 46.7 Å². The molecule has 148 valence electrons. The minimum Gasteiger partial charge on any atom is -0.332 e. The van der Waals surface area contributed by atoms with E-state index in [1.165, 1.54) is 41.5 Å². The summed E-state index contributed by atoms with van der Waals surface area (Å²) in [7, 11) is -2.16. The van der Waals surface area contributed by atoms with Crippen molar-refractivity contribution < 1.29 is 18.0 Å². The first-order valence-electron chi connectivity index (χ1n) is 7.72. The Bertz CT molecular complexity index is 872. The summed E-state index contributed by atoms with van der Waals surface area (Å²) in [4.78, 5) is 26.1. The van der Waals surface area contributed by atoms with Crippen molar-refractivity contribution in [2.45, 2.75) is 4.90 Å². The number of nitrogens with one attached hydrogen (secondary N) is 2. The number of sulfonamides is 1. The van der Waals surface area contributed by atoms with Gasteiger partial charge in [-0.05, 0) is 29.6 Å². The Morgan fingerprint density at radius 2 is 1.96 bits per heavy atom. The number of nitrogens with zero attached hydrogens (tertiary/aromatic N) is 1. The number of hydrogen-bond acceptors (Lipinski definition) is 6. The zero-order valence-corrected chi connectivity index (χ0v) is 17.0. The first kappa shape index (κ1) is 23.1. The smallest absolute Gasteiger partial charge is 0.264 e. The van der Waals surface area contributed by atoms with Gasteiger partial charge in [0.1, 0.15) is 0 Å². The van der Waals surface area contributed by atoms with Crippen LogP contribution in [0.2, 0.25) is 0 Å². The minimum absolute atomic E-state index is 0. The summed E-state index contributed by atoms with van der Waals surface area (Å²) >= 11 is 1.30. The number of hydrogen-bond donors (Lipinski definition) is 3. The maximum absolute atomic E-state index is 12.1. The third-order valence-corrected chi connectivity index (χ3v) is 5.64. The van der Waals surface area contributed by atoms with Gasteiger partial charge in [-0.3, -0.25) is 9.59 Å². The molecule has 0 aliphatic rings. The molecule has 0 saturated heterocycles. The van der Waals surface area contributed by atoms with E-state index in [1.54, 1.807) is 23.6 Å². The molecular formula is C16H21ClN4O4S2. The van der Waals surface area contributed by atoms with Gasteiger partial charge in [-0.15, -0.1) is 23.7 Å². The molecule has 0 fully saturated rings. The number of carbonyl (C=O) groups is 2. The van der Waals surface area contributed by atoms with Gasteiger partial charge in [-0.2, -0.15) is 0 Å². The highest BCUT2D eigenvalue weighted by atomic mass is 35.5. The summed E-state index contributed by atoms with van der Waals surface area (Å²) in [5.41, 5.74) is 5.62. The van der Waals surface area contributed by atoms with E-state index in [4.69, 9.17) is 5.73 Å². The zero-order valence-electron chi connectivity index (χ0n) is 14.5. The fraction of sp³-hybridized carbons (Fsp3) is 0.250. The summed E-state index contributed by atoms with van der Waals surface area (Å²) in [6.07, 6.45) is 0. The molecule has 1 aromatic carbocycles. The minimum atomic E-state index is -3.69. The molecule has 8 nitrogen and oxygen atoms in total. The van der Waals surface area contributed by atoms with Gasteiger partial charge in [0.2, 0.25) is 15.9 Å². The first-order chi connectivity index (χ1) is 12.3. The van der Waals surface area contributed by atoms with Crippen molar-refractivity contribution in [3.63, 3.8) is 0 Å². The van der Waals surface area contributed by atoms with Crippen molar-refractivity contribution >= 4 is 51.3 Å². The standard InChI is InChI=1S/C16H20N4O4S2.ClH/c1-20(16(22)14-6-3-9-25-14)11-15(21)19-12-4-2-5-13(10-12)26(23,24)18-8-7-17;/h2-6,9-10,18H,7-8,11,17H2,1H3,(H,19,21);1H. The van der Waals surface area contributed by atoms with Crippen molar-refractivity contribution in [2.75, 3.05) is 32.0 Å². The zero-order chi connectivity index (χ0) is 19.2. The van der Waals surface area contributed by atoms with Crippen LogP contribution in [0.3, 0.4) is 0 Å². The van der Waals surface area contributed by atoms with Crippen LogP contribution in [0.5, 0.6) is 0 Å². The summed E-state index contributed by atoms with van der Waals surface area (Å²) in [6.45, 7) is 0.147. The van der Waals surface area contributed by atoms with Gasteiger partial charge in [-0.1, -0.05) is 12.1 Å². The molecule has 27 heavy (non-hydrogen) atoms. The Kier molecular flexibility index (Phi) is 8.86. The van der Waals surface area contributed by atoms with E-state index in [0.29, 0.717) is 10.6 Å². The number of amides is 2. The Morgan fingerprint density at radius 3 is 2.59 bits per heavy atom. The van der Waals surface area contributed by atoms with Crippen LogP contribution in [0, 0.1) is 0 Å². The van der Waals surface area contributed by atoms with Gasteiger partial charge in [0.05, 0.1) is 16.3 Å². The second-order valence-electron chi connectivity index (χ2n) is 5.40. The molecule has 0 radical (unpaired) electrons. The predicted octanol–water partition coefficient (Wildman–Crippen LogP) is 1.12. The highest BCUT2D eigenvalue weighted by Gasteiger charge is 2.17. The fourth-order valence-corrected chi connectivity index (χ4v) is 3.90. The van der Waals surface area contributed by atoms with Crippen molar-refractivity contribution in [1.29, 1.82) is 0 Å². The van der Waals surface area contributed by atoms with Crippen LogP contribution in [-0.4, -0.2) is 51.8 Å². The van der Waals surface area contributed by atoms with E-state index in [-0.39, 0.29) is 42.8 Å². The number of halogens is 1. The lowest BCUT2D eigenvalue weighted by Crippen LogP contribution is -2.34. The molecule has 0 bridgehead atoms. The molecule has 0 spiro atoms. The summed E-state index contributed by atoms with van der Waals surface area (Å²) in [6, 6.07) is 9.30. The van der Waals surface area contributed by atoms with Crippen LogP contribution < -0.4 is 15.8 Å². The molecule has 2 rings (SSSR count). The molecule has 2 aromatic rings. The molecule has 1 aromatic heterocycles. The number of carbonyl (C=O) groups excluding carboxylic acids is 2. The molecule has 0 saturated carbocycles. The molecule has 0 unspecified atom stereocenters. The number of nitrogens with two attached hydrogens (primary N) is 1. The lowest BCUT2D eigenvalue weighted by atomic mass is 10.3. The van der Waals surface area contributed by atoms with Crippen LogP contribution in [-0.2, 0) is 14.8 Å². The van der Waals surface area contributed by atoms with Gasteiger partial charge in [0.15, 0.2) is 0 Å². The predicted molar refractivity (Wildman–Crippen MR) is 108 cm³/mol. The molecule has 2 amide bonds. The maximum Gasteiger partial charge on any atom is 0.264 e. The van der Waals surface area contributed by atoms with Crippen molar-refractivity contribution in [3.05, 3.63) is 46.7 Å². The summed E-state index contributed by atoms with van der Waals surface area (Å²) < 4.78 is 26.5. The van der Waals surface area contributed by atoms with Crippen molar-refractivity contribution in [3.8, 4) is 0 Å². The highest BCUT2D eigenvalue weighted by molar-refractivity contribution is 7.89. The monoisotopic (exact) mass is 432 g/mol. The third-order valence-electron chi connectivity index (χ3n) is 3.32. The normalized spacial score (nSPS) is 10.7. The maximum atomic E-state index is 12.1. The molecular weight excluding hydrogens is 412 g/mol. The Labute approximate surface area is 168 Å². The van der Waals surface area contributed by atoms with E-state index in [0.717, 1.165) is 0 Å². The average molecular weight is 433 g/mol. The van der Waals surface area contributed by atoms with Gasteiger partial charge < -0.3 is 16.0 Å². The molecule has 0 atom stereocenters. The number of anilines is 1. The second-order valence-corrected chi connectivity index (χ2v) is 8.12. The Hall–Kier alpha value is -1.98. The van der Waals surface area contributed by atoms with E-state index in [1.807, 2.05) is 0 Å². The van der Waals surface area contributed by atoms with Crippen LogP contribution in [0.25, 0.3) is 0 Å². The number of thiophene rings is 1. The van der Waals surface area contributed by atoms with Gasteiger partial charge in [0, 0.05) is 25.8 Å². The summed E-state index contributed by atoms with van der Waals surface area (Å²) in [5, 5.41) is 4.38. The number of benzene rings is 1. The van der Waals surface area contributed by atoms with E-state index in [9.17, 15) is 18.0 Å². The Balaban J connectivity index is 0.00000364. The average Bonchev–Trinajstić information content (AvgIpc) is 3.14. The van der Waals surface area contributed by atoms with Gasteiger partial charge >= 0.3 is 0 Å². The second kappa shape index (κ2) is 10.4. The molecule has 4 N–H and O–H groups in total. The van der Waals surface area contributed by atoms with Crippen molar-refractivity contribution in [2.24, 2.45) is 5.73 Å². The number of likely N-dealkylation sites (N-methyl/N-ethyl adjacent to an activating group) is 1. The largest absolute Gasteiger partial charge is 0.332 e. The fourth-order valence-electron chi connectivity index (χ4n) is 2.09. The van der Waals surface area contributed by atoms with Gasteiger partial charge in [0.25, 0.3) is 5.91 Å². The lowest BCUT2D eigenvalue weighted by Gasteiger charge is -2.16. The third kappa shape index (κ3) is 6.60. The van der Waals surface area contributed by atoms with E-state index in [2.05, 4.69) is 10.0 Å². The van der Waals surface area contributed by atoms with Crippen molar-refractivity contribution in [1.82, 2.24) is 9.62 Å².